The molecule has 7 heteroatoms. The molecule has 4 rings (SSSR count). The van der Waals surface area contributed by atoms with Gasteiger partial charge in [0, 0.05) is 29.9 Å². The van der Waals surface area contributed by atoms with Crippen LogP contribution in [0.1, 0.15) is 11.5 Å². The van der Waals surface area contributed by atoms with Crippen molar-refractivity contribution in [3.8, 4) is 34.1 Å². The largest absolute Gasteiger partial charge is 0.497 e. The van der Waals surface area contributed by atoms with Crippen molar-refractivity contribution < 1.29 is 22.3 Å². The molecule has 164 valence electrons. The van der Waals surface area contributed by atoms with E-state index in [1.54, 1.807) is 44.6 Å². The van der Waals surface area contributed by atoms with Crippen LogP contribution in [0, 0.1) is 0 Å². The predicted molar refractivity (Wildman–Crippen MR) is 123 cm³/mol. The fourth-order valence-corrected chi connectivity index (χ4v) is 4.07. The third kappa shape index (κ3) is 4.53. The molecule has 0 amide bonds. The van der Waals surface area contributed by atoms with Gasteiger partial charge in [0.2, 0.25) is 0 Å². The first kappa shape index (κ1) is 21.6. The third-order valence-corrected chi connectivity index (χ3v) is 6.21. The summed E-state index contributed by atoms with van der Waals surface area (Å²) in [7, 11) is -0.116. The molecule has 0 unspecified atom stereocenters. The van der Waals surface area contributed by atoms with E-state index in [1.807, 2.05) is 42.5 Å². The topological polar surface area (TPSA) is 78.6 Å². The van der Waals surface area contributed by atoms with Gasteiger partial charge in [-0.15, -0.1) is 0 Å². The number of rotatable bonds is 7. The van der Waals surface area contributed by atoms with Gasteiger partial charge in [-0.2, -0.15) is 0 Å². The lowest BCUT2D eigenvalue weighted by Gasteiger charge is -2.10. The zero-order valence-electron chi connectivity index (χ0n) is 18.0. The molecular weight excluding hydrogens is 426 g/mol. The van der Waals surface area contributed by atoms with Gasteiger partial charge < -0.3 is 13.9 Å². The summed E-state index contributed by atoms with van der Waals surface area (Å²) in [5.74, 6) is 2.35. The molecule has 0 saturated carbocycles. The maximum Gasteiger partial charge on any atom is 0.199 e. The highest BCUT2D eigenvalue weighted by atomic mass is 32.2. The van der Waals surface area contributed by atoms with E-state index in [1.165, 1.54) is 6.26 Å². The van der Waals surface area contributed by atoms with Crippen molar-refractivity contribution in [1.82, 2.24) is 4.98 Å². The van der Waals surface area contributed by atoms with Crippen LogP contribution >= 0.6 is 0 Å². The molecule has 0 fully saturated rings. The first-order valence-corrected chi connectivity index (χ1v) is 11.8. The summed E-state index contributed by atoms with van der Waals surface area (Å²) in [4.78, 5) is 5.03. The van der Waals surface area contributed by atoms with E-state index in [2.05, 4.69) is 0 Å². The second-order valence-corrected chi connectivity index (χ2v) is 9.33. The van der Waals surface area contributed by atoms with E-state index >= 15 is 0 Å². The molecule has 32 heavy (non-hydrogen) atoms. The highest BCUT2D eigenvalue weighted by molar-refractivity contribution is 7.90. The lowest BCUT2D eigenvalue weighted by Crippen LogP contribution is -1.96. The lowest BCUT2D eigenvalue weighted by molar-refractivity contribution is 0.395. The molecular formula is C25H23NO5S. The van der Waals surface area contributed by atoms with Crippen LogP contribution in [0.15, 0.2) is 82.1 Å². The molecule has 1 heterocycles. The first-order valence-electron chi connectivity index (χ1n) is 9.95. The van der Waals surface area contributed by atoms with Crippen LogP contribution in [0.25, 0.3) is 22.6 Å². The summed E-state index contributed by atoms with van der Waals surface area (Å²) >= 11 is 0. The Morgan fingerprint density at radius 3 is 2.25 bits per heavy atom. The Bertz CT molecular complexity index is 1330. The molecule has 0 aliphatic heterocycles. The minimum Gasteiger partial charge on any atom is -0.497 e. The van der Waals surface area contributed by atoms with Crippen molar-refractivity contribution in [3.05, 3.63) is 84.3 Å². The minimum atomic E-state index is -3.30. The zero-order valence-corrected chi connectivity index (χ0v) is 18.8. The number of aromatic nitrogens is 1. The Labute approximate surface area is 187 Å². The molecule has 4 aromatic rings. The monoisotopic (exact) mass is 449 g/mol. The van der Waals surface area contributed by atoms with Crippen molar-refractivity contribution in [2.24, 2.45) is 0 Å². The van der Waals surface area contributed by atoms with Crippen LogP contribution in [0.5, 0.6) is 11.5 Å². The standard InChI is InChI=1S/C25H23NO5S/c1-29-19-11-14-21(22(16-19)30-2)24-25(18-9-12-20(13-10-18)32(3,27)28)31-23(26-24)15-17-7-5-4-6-8-17/h4-14,16H,15H2,1-3H3. The molecule has 0 radical (unpaired) electrons. The van der Waals surface area contributed by atoms with E-state index in [4.69, 9.17) is 18.9 Å². The average Bonchev–Trinajstić information content (AvgIpc) is 3.22. The van der Waals surface area contributed by atoms with Gasteiger partial charge in [0.15, 0.2) is 21.5 Å². The number of methoxy groups -OCH3 is 2. The van der Waals surface area contributed by atoms with E-state index in [0.29, 0.717) is 35.3 Å². The maximum atomic E-state index is 11.9. The smallest absolute Gasteiger partial charge is 0.199 e. The van der Waals surface area contributed by atoms with Gasteiger partial charge >= 0.3 is 0 Å². The average molecular weight is 450 g/mol. The number of nitrogens with zero attached hydrogens (tertiary/aromatic N) is 1. The third-order valence-electron chi connectivity index (χ3n) is 5.08. The van der Waals surface area contributed by atoms with Gasteiger partial charge in [-0.05, 0) is 42.0 Å². The number of hydrogen-bond acceptors (Lipinski definition) is 6. The Morgan fingerprint density at radius 1 is 0.906 bits per heavy atom. The van der Waals surface area contributed by atoms with Gasteiger partial charge in [-0.3, -0.25) is 0 Å². The number of oxazole rings is 1. The summed E-state index contributed by atoms with van der Waals surface area (Å²) in [5.41, 5.74) is 3.15. The van der Waals surface area contributed by atoms with Crippen LogP contribution < -0.4 is 9.47 Å². The zero-order chi connectivity index (χ0) is 22.7. The molecule has 0 spiro atoms. The van der Waals surface area contributed by atoms with Crippen molar-refractivity contribution in [2.75, 3.05) is 20.5 Å². The highest BCUT2D eigenvalue weighted by Crippen LogP contribution is 2.39. The van der Waals surface area contributed by atoms with Crippen molar-refractivity contribution in [3.63, 3.8) is 0 Å². The molecule has 1 aromatic heterocycles. The molecule has 0 aliphatic carbocycles. The van der Waals surface area contributed by atoms with Gasteiger partial charge in [0.05, 0.1) is 19.1 Å². The summed E-state index contributed by atoms with van der Waals surface area (Å²) in [6, 6.07) is 22.0. The van der Waals surface area contributed by atoms with Crippen molar-refractivity contribution >= 4 is 9.84 Å². The van der Waals surface area contributed by atoms with Crippen LogP contribution in [0.2, 0.25) is 0 Å². The highest BCUT2D eigenvalue weighted by Gasteiger charge is 2.21. The van der Waals surface area contributed by atoms with Crippen LogP contribution in [-0.4, -0.2) is 33.9 Å². The van der Waals surface area contributed by atoms with Crippen molar-refractivity contribution in [2.45, 2.75) is 11.3 Å². The van der Waals surface area contributed by atoms with Crippen LogP contribution in [0.4, 0.5) is 0 Å². The molecule has 0 saturated heterocycles. The second-order valence-electron chi connectivity index (χ2n) is 7.31. The van der Waals surface area contributed by atoms with Gasteiger partial charge in [-0.25, -0.2) is 13.4 Å². The quantitative estimate of drug-likeness (QED) is 0.394. The van der Waals surface area contributed by atoms with Crippen LogP contribution in [0.3, 0.4) is 0 Å². The van der Waals surface area contributed by atoms with Crippen molar-refractivity contribution in [1.29, 1.82) is 0 Å². The Morgan fingerprint density at radius 2 is 1.62 bits per heavy atom. The lowest BCUT2D eigenvalue weighted by atomic mass is 10.0. The summed E-state index contributed by atoms with van der Waals surface area (Å²) in [5, 5.41) is 0. The Kier molecular flexibility index (Phi) is 6.01. The van der Waals surface area contributed by atoms with E-state index < -0.39 is 9.84 Å². The predicted octanol–water partition coefficient (Wildman–Crippen LogP) is 5.02. The van der Waals surface area contributed by atoms with Gasteiger partial charge in [-0.1, -0.05) is 30.3 Å². The molecule has 0 aliphatic rings. The van der Waals surface area contributed by atoms with E-state index in [9.17, 15) is 8.42 Å². The SMILES string of the molecule is COc1ccc(-c2nc(Cc3ccccc3)oc2-c2ccc(S(C)(=O)=O)cc2)c(OC)c1. The molecule has 0 bridgehead atoms. The summed E-state index contributed by atoms with van der Waals surface area (Å²) in [6.45, 7) is 0. The molecule has 0 atom stereocenters. The summed E-state index contributed by atoms with van der Waals surface area (Å²) in [6.07, 6.45) is 1.70. The van der Waals surface area contributed by atoms with E-state index in [0.717, 1.165) is 16.7 Å². The maximum absolute atomic E-state index is 11.9. The number of ether oxygens (including phenoxy) is 2. The molecule has 3 aromatic carbocycles. The van der Waals surface area contributed by atoms with Gasteiger partial charge in [0.1, 0.15) is 17.2 Å². The number of hydrogen-bond donors (Lipinski definition) is 0. The second kappa shape index (κ2) is 8.88. The minimum absolute atomic E-state index is 0.244. The molecule has 0 N–H and O–H groups in total. The normalized spacial score (nSPS) is 11.3. The summed E-state index contributed by atoms with van der Waals surface area (Å²) < 4.78 is 40.8. The fraction of sp³-hybridized carbons (Fsp3) is 0.160. The number of sulfone groups is 1. The molecule has 6 nitrogen and oxygen atoms in total. The Balaban J connectivity index is 1.84. The van der Waals surface area contributed by atoms with E-state index in [-0.39, 0.29) is 4.90 Å². The fourth-order valence-electron chi connectivity index (χ4n) is 3.44. The Hall–Kier alpha value is -3.58. The first-order chi connectivity index (χ1) is 15.4. The van der Waals surface area contributed by atoms with Crippen LogP contribution in [-0.2, 0) is 16.3 Å². The number of benzene rings is 3. The van der Waals surface area contributed by atoms with Gasteiger partial charge in [0.25, 0.3) is 0 Å².